The summed E-state index contributed by atoms with van der Waals surface area (Å²) >= 11 is 0. The fourth-order valence-electron chi connectivity index (χ4n) is 1.40. The Bertz CT molecular complexity index is 630. The number of aromatic nitrogens is 5. The van der Waals surface area contributed by atoms with Crippen LogP contribution in [0.3, 0.4) is 0 Å². The van der Waals surface area contributed by atoms with E-state index in [2.05, 4.69) is 15.3 Å². The van der Waals surface area contributed by atoms with Crippen LogP contribution >= 0.6 is 0 Å². The number of carboxylic acids is 1. The molecule has 2 aromatic rings. The Morgan fingerprint density at radius 1 is 1.44 bits per heavy atom. The zero-order chi connectivity index (χ0) is 13.1. The summed E-state index contributed by atoms with van der Waals surface area (Å²) in [6, 6.07) is 1.43. The molecule has 0 spiro atoms. The van der Waals surface area contributed by atoms with Crippen LogP contribution in [0, 0.1) is 6.92 Å². The van der Waals surface area contributed by atoms with Crippen molar-refractivity contribution in [1.82, 2.24) is 24.5 Å². The molecule has 0 unspecified atom stereocenters. The van der Waals surface area contributed by atoms with Gasteiger partial charge in [0, 0.05) is 18.3 Å². The van der Waals surface area contributed by atoms with Gasteiger partial charge in [-0.2, -0.15) is 0 Å². The average molecular weight is 249 g/mol. The van der Waals surface area contributed by atoms with Crippen LogP contribution in [-0.2, 0) is 13.1 Å². The van der Waals surface area contributed by atoms with Gasteiger partial charge in [-0.25, -0.2) is 14.5 Å². The van der Waals surface area contributed by atoms with E-state index in [1.807, 2.05) is 0 Å². The van der Waals surface area contributed by atoms with E-state index in [1.165, 1.54) is 27.8 Å². The molecule has 0 aromatic carbocycles. The zero-order valence-electron chi connectivity index (χ0n) is 9.65. The first-order valence-corrected chi connectivity index (χ1v) is 5.23. The second-order valence-electron chi connectivity index (χ2n) is 3.73. The smallest absolute Gasteiger partial charge is 0.358 e. The molecule has 94 valence electrons. The second-order valence-corrected chi connectivity index (χ2v) is 3.73. The lowest BCUT2D eigenvalue weighted by molar-refractivity contribution is 0.0690. The summed E-state index contributed by atoms with van der Waals surface area (Å²) in [5.41, 5.74) is 0.385. The number of aryl methyl sites for hydroxylation is 3. The maximum Gasteiger partial charge on any atom is 0.358 e. The van der Waals surface area contributed by atoms with E-state index in [0.29, 0.717) is 18.8 Å². The van der Waals surface area contributed by atoms with Crippen molar-refractivity contribution in [1.29, 1.82) is 0 Å². The molecular formula is C10H11N5O3. The van der Waals surface area contributed by atoms with Gasteiger partial charge in [-0.05, 0) is 6.92 Å². The minimum atomic E-state index is -1.13. The van der Waals surface area contributed by atoms with Crippen molar-refractivity contribution in [2.24, 2.45) is 0 Å². The van der Waals surface area contributed by atoms with E-state index in [9.17, 15) is 9.59 Å². The van der Waals surface area contributed by atoms with E-state index < -0.39 is 5.97 Å². The Balaban J connectivity index is 2.06. The highest BCUT2D eigenvalue weighted by Gasteiger charge is 2.08. The maximum atomic E-state index is 11.6. The molecule has 0 amide bonds. The van der Waals surface area contributed by atoms with Crippen LogP contribution in [-0.4, -0.2) is 35.6 Å². The average Bonchev–Trinajstić information content (AvgIpc) is 2.76. The van der Waals surface area contributed by atoms with E-state index in [1.54, 1.807) is 6.92 Å². The maximum absolute atomic E-state index is 11.6. The van der Waals surface area contributed by atoms with Crippen LogP contribution in [0.5, 0.6) is 0 Å². The summed E-state index contributed by atoms with van der Waals surface area (Å²) in [7, 11) is 0. The lowest BCUT2D eigenvalue weighted by Gasteiger charge is -2.04. The van der Waals surface area contributed by atoms with Crippen molar-refractivity contribution in [3.05, 3.63) is 40.3 Å². The fourth-order valence-corrected chi connectivity index (χ4v) is 1.40. The molecule has 0 saturated carbocycles. The first-order chi connectivity index (χ1) is 8.56. The molecule has 0 saturated heterocycles. The van der Waals surface area contributed by atoms with Crippen molar-refractivity contribution in [3.8, 4) is 0 Å². The number of aromatic carboxylic acids is 1. The number of rotatable bonds is 4. The Kier molecular flexibility index (Phi) is 3.18. The Morgan fingerprint density at radius 2 is 2.22 bits per heavy atom. The van der Waals surface area contributed by atoms with Crippen LogP contribution in [0.2, 0.25) is 0 Å². The van der Waals surface area contributed by atoms with Crippen LogP contribution in [0.4, 0.5) is 0 Å². The number of hydrogen-bond donors (Lipinski definition) is 1. The molecule has 2 heterocycles. The van der Waals surface area contributed by atoms with Gasteiger partial charge in [-0.15, -0.1) is 5.10 Å². The van der Waals surface area contributed by atoms with Crippen molar-refractivity contribution in [2.75, 3.05) is 0 Å². The van der Waals surface area contributed by atoms with Gasteiger partial charge in [0.2, 0.25) is 0 Å². The van der Waals surface area contributed by atoms with Crippen molar-refractivity contribution < 1.29 is 9.90 Å². The third kappa shape index (κ3) is 2.59. The predicted molar refractivity (Wildman–Crippen MR) is 60.2 cm³/mol. The molecule has 0 bridgehead atoms. The summed E-state index contributed by atoms with van der Waals surface area (Å²) in [6.45, 7) is 2.45. The third-order valence-electron chi connectivity index (χ3n) is 2.34. The quantitative estimate of drug-likeness (QED) is 0.786. The summed E-state index contributed by atoms with van der Waals surface area (Å²) in [5.74, 6) is -1.13. The first kappa shape index (κ1) is 12.0. The van der Waals surface area contributed by atoms with Gasteiger partial charge >= 0.3 is 5.97 Å². The number of carboxylic acid groups (broad SMARTS) is 1. The first-order valence-electron chi connectivity index (χ1n) is 5.23. The molecule has 0 fully saturated rings. The molecule has 2 aromatic heterocycles. The topological polar surface area (TPSA) is 103 Å². The van der Waals surface area contributed by atoms with Crippen LogP contribution < -0.4 is 5.56 Å². The molecule has 0 aliphatic rings. The number of nitrogens with zero attached hydrogens (tertiary/aromatic N) is 5. The van der Waals surface area contributed by atoms with Crippen LogP contribution in [0.15, 0.2) is 23.4 Å². The van der Waals surface area contributed by atoms with Crippen molar-refractivity contribution in [3.63, 3.8) is 0 Å². The fraction of sp³-hybridized carbons (Fsp3) is 0.300. The second kappa shape index (κ2) is 4.78. The largest absolute Gasteiger partial charge is 0.476 e. The summed E-state index contributed by atoms with van der Waals surface area (Å²) < 4.78 is 2.80. The van der Waals surface area contributed by atoms with Crippen LogP contribution in [0.1, 0.15) is 16.2 Å². The monoisotopic (exact) mass is 249 g/mol. The number of hydrogen-bond acceptors (Lipinski definition) is 5. The highest BCUT2D eigenvalue weighted by molar-refractivity contribution is 5.84. The molecule has 0 aliphatic carbocycles. The van der Waals surface area contributed by atoms with Gasteiger partial charge in [0.15, 0.2) is 5.69 Å². The molecule has 0 aliphatic heterocycles. The lowest BCUT2D eigenvalue weighted by atomic mass is 10.4. The third-order valence-corrected chi connectivity index (χ3v) is 2.34. The molecule has 1 N–H and O–H groups in total. The number of carbonyl (C=O) groups is 1. The standard InChI is InChI=1S/C10H11N5O3/c1-7-4-9(16)14(6-11-7)2-3-15-5-8(10(17)18)12-13-15/h4-6H,2-3H2,1H3,(H,17,18). The van der Waals surface area contributed by atoms with Crippen molar-refractivity contribution in [2.45, 2.75) is 20.0 Å². The lowest BCUT2D eigenvalue weighted by Crippen LogP contribution is -2.22. The minimum Gasteiger partial charge on any atom is -0.476 e. The highest BCUT2D eigenvalue weighted by atomic mass is 16.4. The van der Waals surface area contributed by atoms with E-state index in [-0.39, 0.29) is 11.3 Å². The summed E-state index contributed by atoms with van der Waals surface area (Å²) in [6.07, 6.45) is 2.77. The summed E-state index contributed by atoms with van der Waals surface area (Å²) in [4.78, 5) is 26.2. The van der Waals surface area contributed by atoms with E-state index in [0.717, 1.165) is 0 Å². The van der Waals surface area contributed by atoms with Gasteiger partial charge in [-0.3, -0.25) is 9.36 Å². The minimum absolute atomic E-state index is 0.121. The SMILES string of the molecule is Cc1cc(=O)n(CCn2cc(C(=O)O)nn2)cn1. The molecule has 2 rings (SSSR count). The van der Waals surface area contributed by atoms with Gasteiger partial charge < -0.3 is 5.11 Å². The highest BCUT2D eigenvalue weighted by Crippen LogP contribution is 1.94. The van der Waals surface area contributed by atoms with E-state index >= 15 is 0 Å². The summed E-state index contributed by atoms with van der Waals surface area (Å²) in [5, 5.41) is 15.8. The van der Waals surface area contributed by atoms with Gasteiger partial charge in [-0.1, -0.05) is 5.21 Å². The van der Waals surface area contributed by atoms with Gasteiger partial charge in [0.05, 0.1) is 19.1 Å². The van der Waals surface area contributed by atoms with Crippen LogP contribution in [0.25, 0.3) is 0 Å². The zero-order valence-corrected chi connectivity index (χ0v) is 9.65. The van der Waals surface area contributed by atoms with Gasteiger partial charge in [0.1, 0.15) is 0 Å². The molecule has 18 heavy (non-hydrogen) atoms. The predicted octanol–water partition coefficient (Wildman–Crippen LogP) is -0.458. The van der Waals surface area contributed by atoms with Gasteiger partial charge in [0.25, 0.3) is 5.56 Å². The Morgan fingerprint density at radius 3 is 2.83 bits per heavy atom. The molecule has 8 heteroatoms. The Hall–Kier alpha value is -2.51. The molecular weight excluding hydrogens is 238 g/mol. The molecule has 0 radical (unpaired) electrons. The molecule has 0 atom stereocenters. The van der Waals surface area contributed by atoms with E-state index in [4.69, 9.17) is 5.11 Å². The normalized spacial score (nSPS) is 10.5. The van der Waals surface area contributed by atoms with Crippen molar-refractivity contribution >= 4 is 5.97 Å². The molecule has 8 nitrogen and oxygen atoms in total. The Labute approximate surface area is 102 Å².